The molecule has 0 aliphatic carbocycles. The summed E-state index contributed by atoms with van der Waals surface area (Å²) in [5.41, 5.74) is 4.70. The Bertz CT molecular complexity index is 1670. The maximum Gasteiger partial charge on any atom is 0.256 e. The molecular formula is C31H33FN4O5S. The molecule has 1 fully saturated rings. The smallest absolute Gasteiger partial charge is 0.256 e. The fourth-order valence-corrected chi connectivity index (χ4v) is 7.21. The molecule has 3 aliphatic rings. The third-order valence-corrected chi connectivity index (χ3v) is 9.89. The third-order valence-electron chi connectivity index (χ3n) is 8.20. The van der Waals surface area contributed by atoms with E-state index in [9.17, 15) is 22.4 Å². The molecule has 9 nitrogen and oxygen atoms in total. The highest BCUT2D eigenvalue weighted by atomic mass is 32.2. The highest BCUT2D eigenvalue weighted by Gasteiger charge is 2.30. The third kappa shape index (κ3) is 5.64. The lowest BCUT2D eigenvalue weighted by Crippen LogP contribution is -2.43. The Morgan fingerprint density at radius 2 is 1.79 bits per heavy atom. The first-order chi connectivity index (χ1) is 20.2. The summed E-state index contributed by atoms with van der Waals surface area (Å²) in [7, 11) is -3.76. The van der Waals surface area contributed by atoms with E-state index in [-0.39, 0.29) is 22.5 Å². The van der Waals surface area contributed by atoms with E-state index in [2.05, 4.69) is 15.2 Å². The molecule has 1 aromatic heterocycles. The first-order valence-electron chi connectivity index (χ1n) is 14.1. The van der Waals surface area contributed by atoms with Crippen LogP contribution in [0, 0.1) is 12.7 Å². The summed E-state index contributed by atoms with van der Waals surface area (Å²) >= 11 is 0. The number of halogens is 1. The van der Waals surface area contributed by atoms with Crippen LogP contribution in [0.4, 0.5) is 10.1 Å². The summed E-state index contributed by atoms with van der Waals surface area (Å²) in [5.74, 6) is -1.09. The maximum atomic E-state index is 13.6. The van der Waals surface area contributed by atoms with Gasteiger partial charge >= 0.3 is 0 Å². The number of nitrogens with one attached hydrogen (secondary N) is 2. The number of anilines is 1. The van der Waals surface area contributed by atoms with Crippen molar-refractivity contribution in [2.45, 2.75) is 30.4 Å². The van der Waals surface area contributed by atoms with Crippen molar-refractivity contribution in [2.24, 2.45) is 0 Å². The zero-order valence-electron chi connectivity index (χ0n) is 23.4. The van der Waals surface area contributed by atoms with Gasteiger partial charge in [0.05, 0.1) is 35.0 Å². The van der Waals surface area contributed by atoms with Crippen molar-refractivity contribution in [3.8, 4) is 0 Å². The van der Waals surface area contributed by atoms with Crippen molar-refractivity contribution >= 4 is 39.0 Å². The lowest BCUT2D eigenvalue weighted by atomic mass is 10.0. The van der Waals surface area contributed by atoms with E-state index in [0.717, 1.165) is 37.3 Å². The number of sulfone groups is 1. The number of benzene rings is 2. The van der Waals surface area contributed by atoms with Crippen LogP contribution in [0.2, 0.25) is 0 Å². The van der Waals surface area contributed by atoms with Gasteiger partial charge in [-0.15, -0.1) is 0 Å². The molecule has 2 aromatic carbocycles. The molecule has 3 aromatic rings. The molecule has 0 bridgehead atoms. The molecule has 42 heavy (non-hydrogen) atoms. The largest absolute Gasteiger partial charge is 0.379 e. The van der Waals surface area contributed by atoms with Crippen LogP contribution >= 0.6 is 0 Å². The van der Waals surface area contributed by atoms with Crippen molar-refractivity contribution in [3.63, 3.8) is 0 Å². The van der Waals surface area contributed by atoms with Crippen LogP contribution in [0.25, 0.3) is 11.6 Å². The number of ether oxygens (including phenoxy) is 1. The number of H-pyrrole nitrogens is 1. The molecule has 2 N–H and O–H groups in total. The number of amides is 2. The second kappa shape index (κ2) is 11.5. The molecule has 220 valence electrons. The Morgan fingerprint density at radius 3 is 2.55 bits per heavy atom. The van der Waals surface area contributed by atoms with Gasteiger partial charge in [0.15, 0.2) is 9.84 Å². The van der Waals surface area contributed by atoms with Crippen molar-refractivity contribution in [2.75, 3.05) is 51.3 Å². The van der Waals surface area contributed by atoms with Gasteiger partial charge in [-0.2, -0.15) is 0 Å². The van der Waals surface area contributed by atoms with Crippen molar-refractivity contribution < 1.29 is 27.1 Å². The number of carbonyl (C=O) groups is 2. The minimum Gasteiger partial charge on any atom is -0.379 e. The van der Waals surface area contributed by atoms with Crippen LogP contribution in [0.5, 0.6) is 0 Å². The van der Waals surface area contributed by atoms with Gasteiger partial charge in [-0.3, -0.25) is 14.5 Å². The second-order valence-corrected chi connectivity index (χ2v) is 13.0. The van der Waals surface area contributed by atoms with Crippen LogP contribution in [0.15, 0.2) is 47.4 Å². The molecule has 3 aliphatic heterocycles. The van der Waals surface area contributed by atoms with E-state index < -0.39 is 15.7 Å². The van der Waals surface area contributed by atoms with Crippen molar-refractivity contribution in [3.05, 3.63) is 81.9 Å². The Labute approximate surface area is 244 Å². The molecule has 2 amide bonds. The van der Waals surface area contributed by atoms with Gasteiger partial charge in [0.1, 0.15) is 5.82 Å². The van der Waals surface area contributed by atoms with E-state index >= 15 is 0 Å². The molecule has 0 atom stereocenters. The molecule has 1 saturated heterocycles. The molecule has 0 saturated carbocycles. The predicted octanol–water partition coefficient (Wildman–Crippen LogP) is 3.65. The minimum atomic E-state index is -3.76. The van der Waals surface area contributed by atoms with E-state index in [0.29, 0.717) is 66.4 Å². The zero-order valence-corrected chi connectivity index (χ0v) is 24.2. The van der Waals surface area contributed by atoms with E-state index in [1.807, 2.05) is 11.8 Å². The summed E-state index contributed by atoms with van der Waals surface area (Å²) in [5, 5.41) is 2.81. The number of aryl methyl sites for hydroxylation is 1. The van der Waals surface area contributed by atoms with Gasteiger partial charge in [-0.1, -0.05) is 12.1 Å². The lowest BCUT2D eigenvalue weighted by molar-refractivity contribution is -0.110. The fourth-order valence-electron chi connectivity index (χ4n) is 5.84. The molecule has 0 radical (unpaired) electrons. The number of aromatic amines is 1. The summed E-state index contributed by atoms with van der Waals surface area (Å²) in [6, 6.07) is 9.89. The summed E-state index contributed by atoms with van der Waals surface area (Å²) in [4.78, 5) is 34.3. The van der Waals surface area contributed by atoms with Gasteiger partial charge in [0.25, 0.3) is 11.8 Å². The Hall–Kier alpha value is -3.80. The predicted molar refractivity (Wildman–Crippen MR) is 157 cm³/mol. The van der Waals surface area contributed by atoms with Crippen LogP contribution in [-0.4, -0.2) is 81.0 Å². The fraction of sp³-hybridized carbons (Fsp3) is 0.355. The number of aromatic nitrogens is 1. The van der Waals surface area contributed by atoms with Gasteiger partial charge in [0, 0.05) is 55.4 Å². The number of fused-ring (bicyclic) bond motifs is 2. The molecule has 6 rings (SSSR count). The van der Waals surface area contributed by atoms with Crippen molar-refractivity contribution in [1.82, 2.24) is 14.8 Å². The van der Waals surface area contributed by atoms with Gasteiger partial charge in [-0.25, -0.2) is 12.8 Å². The monoisotopic (exact) mass is 592 g/mol. The average Bonchev–Trinajstić information content (AvgIpc) is 3.40. The summed E-state index contributed by atoms with van der Waals surface area (Å²) in [6.07, 6.45) is 3.25. The minimum absolute atomic E-state index is 0.0143. The first kappa shape index (κ1) is 28.3. The summed E-state index contributed by atoms with van der Waals surface area (Å²) in [6.45, 7) is 7.17. The summed E-state index contributed by atoms with van der Waals surface area (Å²) < 4.78 is 45.1. The number of carbonyl (C=O) groups excluding carboxylic acids is 2. The standard InChI is InChI=1S/C31H33FN4O5S/c1-20-28(33-27-3-2-10-36(31(38)29(20)27)12-11-35-13-15-41-16-14-35)18-25-24-17-23(8-9-26(24)34-30(25)37)42(39,40)19-21-4-6-22(32)7-5-21/h4-9,17-18,33H,2-3,10-16,19H2,1H3,(H,34,37). The van der Waals surface area contributed by atoms with Crippen molar-refractivity contribution in [1.29, 1.82) is 0 Å². The molecule has 0 unspecified atom stereocenters. The molecule has 4 heterocycles. The lowest BCUT2D eigenvalue weighted by Gasteiger charge is -2.29. The van der Waals surface area contributed by atoms with Gasteiger partial charge in [-0.05, 0) is 67.3 Å². The van der Waals surface area contributed by atoms with Gasteiger partial charge < -0.3 is 19.9 Å². The molecular weight excluding hydrogens is 559 g/mol. The Kier molecular flexibility index (Phi) is 7.73. The molecule has 0 spiro atoms. The number of rotatable bonds is 7. The maximum absolute atomic E-state index is 13.6. The quantitative estimate of drug-likeness (QED) is 0.405. The number of morpholine rings is 1. The van der Waals surface area contributed by atoms with Crippen LogP contribution in [-0.2, 0) is 31.5 Å². The molecule has 11 heteroatoms. The Morgan fingerprint density at radius 1 is 1.02 bits per heavy atom. The zero-order chi connectivity index (χ0) is 29.4. The normalized spacial score (nSPS) is 18.6. The first-order valence-corrected chi connectivity index (χ1v) is 15.8. The SMILES string of the molecule is Cc1c(C=C2C(=O)Nc3ccc(S(=O)(=O)Cc4ccc(F)cc4)cc32)[nH]c2c1C(=O)N(CCN1CCOCC1)CCC2. The average molecular weight is 593 g/mol. The topological polar surface area (TPSA) is 112 Å². The number of hydrogen-bond acceptors (Lipinski definition) is 6. The van der Waals surface area contributed by atoms with E-state index in [4.69, 9.17) is 4.74 Å². The second-order valence-electron chi connectivity index (χ2n) is 11.0. The van der Waals surface area contributed by atoms with Crippen LogP contribution in [0.3, 0.4) is 0 Å². The van der Waals surface area contributed by atoms with Gasteiger partial charge in [0.2, 0.25) is 0 Å². The number of nitrogens with zero attached hydrogens (tertiary/aromatic N) is 2. The Balaban J connectivity index is 1.27. The van der Waals surface area contributed by atoms with E-state index in [1.54, 1.807) is 12.1 Å². The number of hydrogen-bond donors (Lipinski definition) is 2. The van der Waals surface area contributed by atoms with Crippen LogP contribution in [0.1, 0.15) is 44.9 Å². The van der Waals surface area contributed by atoms with Crippen LogP contribution < -0.4 is 5.32 Å². The highest BCUT2D eigenvalue weighted by molar-refractivity contribution is 7.90. The highest BCUT2D eigenvalue weighted by Crippen LogP contribution is 2.36. The van der Waals surface area contributed by atoms with E-state index in [1.165, 1.54) is 36.4 Å².